The number of hydrogen-bond acceptors (Lipinski definition) is 14. The zero-order valence-corrected chi connectivity index (χ0v) is 30.3. The van der Waals surface area contributed by atoms with Gasteiger partial charge < -0.3 is 35.3 Å². The summed E-state index contributed by atoms with van der Waals surface area (Å²) in [4.78, 5) is 75.7. The highest BCUT2D eigenvalue weighted by atomic mass is 33.1. The fourth-order valence-corrected chi connectivity index (χ4v) is 4.66. The van der Waals surface area contributed by atoms with Crippen molar-refractivity contribution < 1.29 is 48.1 Å². The first-order valence-corrected chi connectivity index (χ1v) is 17.9. The van der Waals surface area contributed by atoms with Gasteiger partial charge in [0.2, 0.25) is 17.7 Å². The Hall–Kier alpha value is -3.52. The van der Waals surface area contributed by atoms with Crippen LogP contribution in [-0.4, -0.2) is 108 Å². The molecule has 1 aromatic carbocycles. The Morgan fingerprint density at radius 2 is 1.62 bits per heavy atom. The molecule has 0 aliphatic carbocycles. The smallest absolute Gasteiger partial charge is 0.322 e. The molecular weight excluding hydrogens is 693 g/mol. The number of imide groups is 1. The summed E-state index contributed by atoms with van der Waals surface area (Å²) in [6.45, 7) is 7.21. The second kappa shape index (κ2) is 21.6. The van der Waals surface area contributed by atoms with E-state index in [2.05, 4.69) is 32.9 Å². The van der Waals surface area contributed by atoms with Crippen molar-refractivity contribution in [1.29, 1.82) is 0 Å². The Morgan fingerprint density at radius 1 is 0.980 bits per heavy atom. The van der Waals surface area contributed by atoms with Crippen LogP contribution in [0.4, 0.5) is 5.69 Å². The summed E-state index contributed by atoms with van der Waals surface area (Å²) in [5, 5.41) is 20.1. The van der Waals surface area contributed by atoms with E-state index in [4.69, 9.17) is 19.9 Å². The van der Waals surface area contributed by atoms with Gasteiger partial charge in [-0.25, -0.2) is 0 Å². The lowest BCUT2D eigenvalue weighted by Gasteiger charge is -2.25. The minimum absolute atomic E-state index is 0.0356. The average molecular weight is 741 g/mol. The number of hydrogen-bond donors (Lipinski definition) is 7. The summed E-state index contributed by atoms with van der Waals surface area (Å²) in [6, 6.07) is 4.67. The minimum atomic E-state index is -1.24. The van der Waals surface area contributed by atoms with Crippen molar-refractivity contribution >= 4 is 63.6 Å². The number of rotatable bonds is 23. The second-order valence-electron chi connectivity index (χ2n) is 12.1. The molecule has 5 amide bonds. The van der Waals surface area contributed by atoms with Crippen molar-refractivity contribution in [2.45, 2.75) is 70.3 Å². The van der Waals surface area contributed by atoms with E-state index in [0.717, 1.165) is 15.7 Å². The van der Waals surface area contributed by atoms with Gasteiger partial charge in [0.15, 0.2) is 6.35 Å². The fourth-order valence-electron chi connectivity index (χ4n) is 4.30. The molecule has 0 saturated carbocycles. The van der Waals surface area contributed by atoms with Gasteiger partial charge >= 0.3 is 5.97 Å². The number of nitrogens with one attached hydrogen (secondary N) is 4. The average Bonchev–Trinajstić information content (AvgIpc) is 3.39. The SMILES string of the molecule is CC(C)[C@H](NC(=O)COCCOCCN1C(=O)C=CC1=O)C(=O)N[C@@H](CCCNC(N)O)C(=O)Nc1ccc(COC(=O)C(C)(C)SS)cc1. The summed E-state index contributed by atoms with van der Waals surface area (Å²) in [5.41, 5.74) is 6.47. The third kappa shape index (κ3) is 15.2. The molecule has 3 atom stereocenters. The van der Waals surface area contributed by atoms with Gasteiger partial charge in [-0.05, 0) is 56.8 Å². The quantitative estimate of drug-likeness (QED) is 0.0199. The molecule has 0 spiro atoms. The molecule has 16 nitrogen and oxygen atoms in total. The molecule has 2 rings (SSSR count). The lowest BCUT2D eigenvalue weighted by molar-refractivity contribution is -0.147. The lowest BCUT2D eigenvalue weighted by Crippen LogP contribution is -2.55. The van der Waals surface area contributed by atoms with Gasteiger partial charge in [-0.15, -0.1) is 11.7 Å². The molecule has 278 valence electrons. The van der Waals surface area contributed by atoms with Crippen LogP contribution in [0.3, 0.4) is 0 Å². The Labute approximate surface area is 300 Å². The number of nitrogens with zero attached hydrogens (tertiary/aromatic N) is 1. The number of carbonyl (C=O) groups excluding carboxylic acids is 6. The first-order valence-electron chi connectivity index (χ1n) is 16.0. The maximum Gasteiger partial charge on any atom is 0.322 e. The van der Waals surface area contributed by atoms with Crippen LogP contribution >= 0.6 is 22.5 Å². The summed E-state index contributed by atoms with van der Waals surface area (Å²) in [6.07, 6.45) is 1.69. The van der Waals surface area contributed by atoms with E-state index in [9.17, 15) is 33.9 Å². The maximum atomic E-state index is 13.3. The van der Waals surface area contributed by atoms with E-state index in [0.29, 0.717) is 17.7 Å². The predicted octanol–water partition coefficient (Wildman–Crippen LogP) is 0.213. The van der Waals surface area contributed by atoms with Gasteiger partial charge in [-0.3, -0.25) is 44.7 Å². The number of carbonyl (C=O) groups is 6. The molecule has 18 heteroatoms. The molecule has 0 bridgehead atoms. The van der Waals surface area contributed by atoms with Crippen LogP contribution in [0.5, 0.6) is 0 Å². The van der Waals surface area contributed by atoms with Crippen molar-refractivity contribution in [2.24, 2.45) is 11.7 Å². The van der Waals surface area contributed by atoms with Crippen LogP contribution in [0.25, 0.3) is 0 Å². The zero-order valence-electron chi connectivity index (χ0n) is 28.6. The van der Waals surface area contributed by atoms with E-state index in [1.807, 2.05) is 0 Å². The highest BCUT2D eigenvalue weighted by molar-refractivity contribution is 8.69. The van der Waals surface area contributed by atoms with Crippen molar-refractivity contribution in [3.8, 4) is 0 Å². The van der Waals surface area contributed by atoms with Gasteiger partial charge in [0.05, 0.1) is 26.4 Å². The Bertz CT molecular complexity index is 1330. The molecule has 0 radical (unpaired) electrons. The van der Waals surface area contributed by atoms with E-state index < -0.39 is 58.7 Å². The Kier molecular flexibility index (Phi) is 18.5. The number of ether oxygens (including phenoxy) is 3. The number of amides is 5. The Balaban J connectivity index is 1.90. The standard InChI is InChI=1S/C32H48N6O10S2/c1-20(2)27(37-24(39)19-47-17-16-46-15-14-38-25(40)11-12-26(38)41)29(43)36-23(6-5-13-34-31(33)45)28(42)35-22-9-7-21(8-10-22)18-48-30(44)32(3,4)50-49/h7-12,20,23,27,31,34,45,49H,5-6,13-19,33H2,1-4H3,(H,35,42)(H,36,43)(H,37,39)/t23-,27-,31?/m0/s1. The van der Waals surface area contributed by atoms with Crippen molar-refractivity contribution in [3.05, 3.63) is 42.0 Å². The monoisotopic (exact) mass is 740 g/mol. The van der Waals surface area contributed by atoms with Crippen molar-refractivity contribution in [1.82, 2.24) is 20.9 Å². The highest BCUT2D eigenvalue weighted by Crippen LogP contribution is 2.29. The van der Waals surface area contributed by atoms with E-state index in [1.165, 1.54) is 12.2 Å². The van der Waals surface area contributed by atoms with E-state index >= 15 is 0 Å². The highest BCUT2D eigenvalue weighted by Gasteiger charge is 2.30. The van der Waals surface area contributed by atoms with E-state index in [-0.39, 0.29) is 58.5 Å². The molecule has 1 unspecified atom stereocenters. The number of thiol groups is 1. The normalized spacial score (nSPS) is 14.8. The Morgan fingerprint density at radius 3 is 2.22 bits per heavy atom. The number of aliphatic hydroxyl groups is 1. The molecule has 1 aliphatic heterocycles. The van der Waals surface area contributed by atoms with E-state index in [1.54, 1.807) is 52.0 Å². The number of aliphatic hydroxyl groups excluding tert-OH is 1. The maximum absolute atomic E-state index is 13.3. The van der Waals surface area contributed by atoms with Crippen LogP contribution in [0.1, 0.15) is 46.1 Å². The summed E-state index contributed by atoms with van der Waals surface area (Å²) >= 11 is 4.10. The van der Waals surface area contributed by atoms with Gasteiger partial charge in [0.25, 0.3) is 11.8 Å². The van der Waals surface area contributed by atoms with Crippen LogP contribution < -0.4 is 27.0 Å². The topological polar surface area (TPSA) is 228 Å². The third-order valence-electron chi connectivity index (χ3n) is 7.20. The summed E-state index contributed by atoms with van der Waals surface area (Å²) in [7, 11) is 1.08. The van der Waals surface area contributed by atoms with Gasteiger partial charge in [-0.1, -0.05) is 36.8 Å². The summed E-state index contributed by atoms with van der Waals surface area (Å²) in [5.74, 6) is -3.21. The molecule has 0 aromatic heterocycles. The molecule has 50 heavy (non-hydrogen) atoms. The zero-order chi connectivity index (χ0) is 37.3. The molecule has 7 N–H and O–H groups in total. The minimum Gasteiger partial charge on any atom is -0.460 e. The first-order chi connectivity index (χ1) is 23.6. The molecule has 0 fully saturated rings. The molecule has 0 saturated heterocycles. The van der Waals surface area contributed by atoms with Crippen molar-refractivity contribution in [3.63, 3.8) is 0 Å². The van der Waals surface area contributed by atoms with Crippen molar-refractivity contribution in [2.75, 3.05) is 44.8 Å². The van der Waals surface area contributed by atoms with Crippen LogP contribution in [0, 0.1) is 5.92 Å². The van der Waals surface area contributed by atoms with Gasteiger partial charge in [0.1, 0.15) is 30.0 Å². The number of esters is 1. The third-order valence-corrected chi connectivity index (χ3v) is 9.19. The molecule has 1 aliphatic rings. The van der Waals surface area contributed by atoms with Crippen LogP contribution in [-0.2, 0) is 49.6 Å². The lowest BCUT2D eigenvalue weighted by atomic mass is 10.0. The molecule has 1 heterocycles. The van der Waals surface area contributed by atoms with Crippen LogP contribution in [0.15, 0.2) is 36.4 Å². The van der Waals surface area contributed by atoms with Gasteiger partial charge in [-0.2, -0.15) is 0 Å². The number of nitrogens with two attached hydrogens (primary N) is 1. The summed E-state index contributed by atoms with van der Waals surface area (Å²) < 4.78 is 15.2. The van der Waals surface area contributed by atoms with Gasteiger partial charge in [0, 0.05) is 17.8 Å². The largest absolute Gasteiger partial charge is 0.460 e. The predicted molar refractivity (Wildman–Crippen MR) is 189 cm³/mol. The number of benzene rings is 1. The first kappa shape index (κ1) is 42.6. The van der Waals surface area contributed by atoms with Crippen LogP contribution in [0.2, 0.25) is 0 Å². The molecule has 1 aromatic rings. The number of anilines is 1. The fraction of sp³-hybridized carbons (Fsp3) is 0.562. The molecular formula is C32H48N6O10S2. The second-order valence-corrected chi connectivity index (χ2v) is 13.8.